The minimum atomic E-state index is -0.218. The van der Waals surface area contributed by atoms with Crippen LogP contribution >= 0.6 is 11.3 Å². The molecule has 22 heavy (non-hydrogen) atoms. The Hall–Kier alpha value is -1.40. The lowest BCUT2D eigenvalue weighted by atomic mass is 9.59. The molecule has 3 heterocycles. The van der Waals surface area contributed by atoms with E-state index in [0.717, 1.165) is 28.9 Å². The Labute approximate surface area is 133 Å². The maximum atomic E-state index is 12.5. The summed E-state index contributed by atoms with van der Waals surface area (Å²) in [4.78, 5) is 14.2. The van der Waals surface area contributed by atoms with Crippen LogP contribution in [0, 0.1) is 18.3 Å². The van der Waals surface area contributed by atoms with Crippen LogP contribution in [0.4, 0.5) is 0 Å². The number of aromatic nitrogens is 2. The molecule has 0 spiro atoms. The molecule has 3 atom stereocenters. The van der Waals surface area contributed by atoms with Crippen molar-refractivity contribution < 1.29 is 14.3 Å². The minimum absolute atomic E-state index is 0.0445. The summed E-state index contributed by atoms with van der Waals surface area (Å²) in [5.74, 6) is 0.140. The highest BCUT2D eigenvalue weighted by atomic mass is 32.1. The number of rotatable bonds is 2. The van der Waals surface area contributed by atoms with E-state index in [1.54, 1.807) is 0 Å². The van der Waals surface area contributed by atoms with Gasteiger partial charge in [-0.1, -0.05) is 13.8 Å². The molecule has 2 aliphatic rings. The summed E-state index contributed by atoms with van der Waals surface area (Å²) < 4.78 is 13.4. The van der Waals surface area contributed by atoms with Crippen molar-refractivity contribution in [1.82, 2.24) is 9.78 Å². The summed E-state index contributed by atoms with van der Waals surface area (Å²) in [6, 6.07) is 1.90. The van der Waals surface area contributed by atoms with Gasteiger partial charge in [0.1, 0.15) is 15.8 Å². The molecule has 1 aliphatic heterocycles. The Kier molecular flexibility index (Phi) is 2.94. The Morgan fingerprint density at radius 3 is 3.05 bits per heavy atom. The van der Waals surface area contributed by atoms with Gasteiger partial charge in [0.15, 0.2) is 0 Å². The lowest BCUT2D eigenvalue weighted by Crippen LogP contribution is -2.61. The molecule has 2 aromatic rings. The molecule has 1 aliphatic carbocycles. The molecule has 1 saturated carbocycles. The van der Waals surface area contributed by atoms with Crippen LogP contribution in [-0.4, -0.2) is 34.6 Å². The van der Waals surface area contributed by atoms with Crippen molar-refractivity contribution in [3.63, 3.8) is 0 Å². The zero-order chi connectivity index (χ0) is 15.6. The molecule has 0 aromatic carbocycles. The molecule has 4 rings (SSSR count). The Balaban J connectivity index is 1.57. The van der Waals surface area contributed by atoms with Gasteiger partial charge in [0.2, 0.25) is 0 Å². The van der Waals surface area contributed by atoms with Crippen LogP contribution in [0.2, 0.25) is 0 Å². The van der Waals surface area contributed by atoms with Crippen molar-refractivity contribution in [2.75, 3.05) is 6.61 Å². The first kappa shape index (κ1) is 14.2. The van der Waals surface area contributed by atoms with Crippen LogP contribution < -0.4 is 0 Å². The average molecular weight is 320 g/mol. The highest BCUT2D eigenvalue weighted by molar-refractivity contribution is 7.20. The van der Waals surface area contributed by atoms with Gasteiger partial charge in [-0.15, -0.1) is 11.3 Å². The van der Waals surface area contributed by atoms with E-state index in [1.807, 2.05) is 24.7 Å². The highest BCUT2D eigenvalue weighted by Gasteiger charge is 2.61. The summed E-state index contributed by atoms with van der Waals surface area (Å²) in [7, 11) is 1.90. The standard InChI is InChI=1S/C16H20N2O3S/c1-8-10-7-11(22-14(10)18(4)17-8)15(19)21-13-9-5-6-20-12(9)16(13,2)3/h7,9,12-13H,5-6H2,1-4H3/t9-,12+,13+/m0/s1. The van der Waals surface area contributed by atoms with E-state index in [1.165, 1.54) is 11.3 Å². The average Bonchev–Trinajstić information content (AvgIpc) is 3.14. The first-order valence-corrected chi connectivity index (χ1v) is 8.47. The number of fused-ring (bicyclic) bond motifs is 2. The van der Waals surface area contributed by atoms with Crippen molar-refractivity contribution in [3.05, 3.63) is 16.6 Å². The summed E-state index contributed by atoms with van der Waals surface area (Å²) in [6.07, 6.45) is 1.18. The van der Waals surface area contributed by atoms with Crippen LogP contribution in [0.3, 0.4) is 0 Å². The topological polar surface area (TPSA) is 53.4 Å². The van der Waals surface area contributed by atoms with Gasteiger partial charge in [-0.25, -0.2) is 4.79 Å². The van der Waals surface area contributed by atoms with E-state index >= 15 is 0 Å². The van der Waals surface area contributed by atoms with Crippen molar-refractivity contribution in [1.29, 1.82) is 0 Å². The molecule has 2 fully saturated rings. The lowest BCUT2D eigenvalue weighted by molar-refractivity contribution is -0.183. The van der Waals surface area contributed by atoms with Crippen molar-refractivity contribution in [2.24, 2.45) is 18.4 Å². The quantitative estimate of drug-likeness (QED) is 0.798. The third-order valence-corrected chi connectivity index (χ3v) is 6.31. The van der Waals surface area contributed by atoms with Gasteiger partial charge in [-0.3, -0.25) is 4.68 Å². The number of hydrogen-bond donors (Lipinski definition) is 0. The van der Waals surface area contributed by atoms with Gasteiger partial charge >= 0.3 is 5.97 Å². The van der Waals surface area contributed by atoms with Crippen molar-refractivity contribution in [3.8, 4) is 0 Å². The highest BCUT2D eigenvalue weighted by Crippen LogP contribution is 2.54. The van der Waals surface area contributed by atoms with Crippen LogP contribution in [0.15, 0.2) is 6.07 Å². The zero-order valence-electron chi connectivity index (χ0n) is 13.3. The fourth-order valence-electron chi connectivity index (χ4n) is 4.00. The second-order valence-electron chi connectivity index (χ2n) is 6.93. The fraction of sp³-hybridized carbons (Fsp3) is 0.625. The molecule has 0 N–H and O–H groups in total. The molecule has 118 valence electrons. The van der Waals surface area contributed by atoms with Gasteiger partial charge in [-0.2, -0.15) is 5.10 Å². The summed E-state index contributed by atoms with van der Waals surface area (Å²) in [5, 5.41) is 5.40. The molecule has 2 aromatic heterocycles. The fourth-order valence-corrected chi connectivity index (χ4v) is 5.00. The van der Waals surface area contributed by atoms with Gasteiger partial charge in [-0.05, 0) is 19.4 Å². The molecule has 0 amide bonds. The number of esters is 1. The smallest absolute Gasteiger partial charge is 0.348 e. The largest absolute Gasteiger partial charge is 0.457 e. The van der Waals surface area contributed by atoms with Crippen molar-refractivity contribution >= 4 is 27.5 Å². The van der Waals surface area contributed by atoms with Crippen LogP contribution in [0.5, 0.6) is 0 Å². The second kappa shape index (κ2) is 4.55. The van der Waals surface area contributed by atoms with Gasteiger partial charge in [0, 0.05) is 30.4 Å². The molecule has 0 radical (unpaired) electrons. The maximum absolute atomic E-state index is 12.5. The van der Waals surface area contributed by atoms with Crippen LogP contribution in [0.1, 0.15) is 35.6 Å². The molecule has 0 unspecified atom stereocenters. The maximum Gasteiger partial charge on any atom is 0.348 e. The molecule has 1 saturated heterocycles. The zero-order valence-corrected chi connectivity index (χ0v) is 14.1. The lowest BCUT2D eigenvalue weighted by Gasteiger charge is -2.53. The number of carbonyl (C=O) groups excluding carboxylic acids is 1. The minimum Gasteiger partial charge on any atom is -0.457 e. The van der Waals surface area contributed by atoms with E-state index in [4.69, 9.17) is 9.47 Å². The number of carbonyl (C=O) groups is 1. The van der Waals surface area contributed by atoms with Gasteiger partial charge in [0.05, 0.1) is 11.8 Å². The van der Waals surface area contributed by atoms with Gasteiger partial charge in [0.25, 0.3) is 0 Å². The summed E-state index contributed by atoms with van der Waals surface area (Å²) in [6.45, 7) is 6.98. The first-order chi connectivity index (χ1) is 10.4. The summed E-state index contributed by atoms with van der Waals surface area (Å²) >= 11 is 1.45. The first-order valence-electron chi connectivity index (χ1n) is 7.65. The Bertz CT molecular complexity index is 726. The van der Waals surface area contributed by atoms with E-state index in [-0.39, 0.29) is 23.6 Å². The summed E-state index contributed by atoms with van der Waals surface area (Å²) in [5.41, 5.74) is 0.853. The molecule has 0 bridgehead atoms. The Morgan fingerprint density at radius 1 is 1.55 bits per heavy atom. The van der Waals surface area contributed by atoms with E-state index < -0.39 is 0 Å². The predicted molar refractivity (Wildman–Crippen MR) is 84.2 cm³/mol. The number of hydrogen-bond acceptors (Lipinski definition) is 5. The third kappa shape index (κ3) is 1.80. The normalized spacial score (nSPS) is 29.4. The molecule has 5 nitrogen and oxygen atoms in total. The van der Waals surface area contributed by atoms with Crippen LogP contribution in [0.25, 0.3) is 10.2 Å². The monoisotopic (exact) mass is 320 g/mol. The number of aryl methyl sites for hydroxylation is 2. The van der Waals surface area contributed by atoms with Crippen molar-refractivity contribution in [2.45, 2.75) is 39.4 Å². The van der Waals surface area contributed by atoms with E-state index in [2.05, 4.69) is 18.9 Å². The Morgan fingerprint density at radius 2 is 2.32 bits per heavy atom. The number of nitrogens with zero attached hydrogens (tertiary/aromatic N) is 2. The number of thiophene rings is 1. The van der Waals surface area contributed by atoms with Gasteiger partial charge < -0.3 is 9.47 Å². The number of ether oxygens (including phenoxy) is 2. The van der Waals surface area contributed by atoms with E-state index in [0.29, 0.717) is 10.8 Å². The predicted octanol–water partition coefficient (Wildman–Crippen LogP) is 2.91. The molecular weight excluding hydrogens is 300 g/mol. The molecule has 6 heteroatoms. The SMILES string of the molecule is Cc1nn(C)c2sc(C(=O)O[C@@H]3[C@H]4CCO[C@H]4C3(C)C)cc12. The van der Waals surface area contributed by atoms with Crippen LogP contribution in [-0.2, 0) is 16.5 Å². The second-order valence-corrected chi connectivity index (χ2v) is 7.96. The third-order valence-electron chi connectivity index (χ3n) is 5.12. The molecular formula is C16H20N2O3S. The van der Waals surface area contributed by atoms with E-state index in [9.17, 15) is 4.79 Å².